The van der Waals surface area contributed by atoms with E-state index in [4.69, 9.17) is 10.5 Å². The maximum atomic E-state index is 13.2. The molecule has 0 bridgehead atoms. The van der Waals surface area contributed by atoms with Crippen molar-refractivity contribution < 1.29 is 26.4 Å². The molecule has 1 aliphatic rings. The zero-order valence-corrected chi connectivity index (χ0v) is 16.3. The van der Waals surface area contributed by atoms with Crippen molar-refractivity contribution in [2.45, 2.75) is 24.3 Å². The molecule has 9 nitrogen and oxygen atoms in total. The zero-order valence-electron chi connectivity index (χ0n) is 14.6. The number of nitrogens with zero attached hydrogens (tertiary/aromatic N) is 1. The van der Waals surface area contributed by atoms with Crippen molar-refractivity contribution in [1.82, 2.24) is 4.31 Å². The predicted molar refractivity (Wildman–Crippen MR) is 97.3 cm³/mol. The maximum Gasteiger partial charge on any atom is 0.247 e. The van der Waals surface area contributed by atoms with Gasteiger partial charge in [-0.3, -0.25) is 4.79 Å². The Kier molecular flexibility index (Phi) is 6.27. The van der Waals surface area contributed by atoms with E-state index in [1.807, 2.05) is 0 Å². The fraction of sp³-hybridized carbons (Fsp3) is 0.533. The molecule has 1 aromatic rings. The number of nitrogens with one attached hydrogen (secondary N) is 1. The average Bonchev–Trinajstić information content (AvgIpc) is 2.91. The van der Waals surface area contributed by atoms with Crippen molar-refractivity contribution in [3.63, 3.8) is 0 Å². The van der Waals surface area contributed by atoms with Crippen LogP contribution in [0.1, 0.15) is 13.3 Å². The number of carbonyl (C=O) groups excluding carboxylic acids is 1. The molecule has 2 rings (SSSR count). The standard InChI is InChI=1S/C15H23N3O6S2/c1-11(19)17-12-3-4-14(24-2)15(9-12)26(22,23)18(7-6-16)13-5-8-25(20,21)10-13/h3-4,9,13H,5-8,10,16H2,1-2H3,(H,17,19)/t13-/m1/s1. The Balaban J connectivity index is 2.49. The minimum absolute atomic E-state index is 0.0178. The molecule has 1 aliphatic heterocycles. The molecule has 1 atom stereocenters. The Labute approximate surface area is 153 Å². The number of nitrogens with two attached hydrogens (primary N) is 1. The number of sulfonamides is 1. The molecule has 11 heteroatoms. The van der Waals surface area contributed by atoms with Crippen LogP contribution < -0.4 is 15.8 Å². The van der Waals surface area contributed by atoms with Crippen LogP contribution in [0.2, 0.25) is 0 Å². The van der Waals surface area contributed by atoms with Crippen molar-refractivity contribution in [2.24, 2.45) is 5.73 Å². The lowest BCUT2D eigenvalue weighted by atomic mass is 10.2. The van der Waals surface area contributed by atoms with E-state index >= 15 is 0 Å². The molecule has 0 unspecified atom stereocenters. The third-order valence-electron chi connectivity index (χ3n) is 4.04. The minimum Gasteiger partial charge on any atom is -0.495 e. The molecule has 0 saturated carbocycles. The lowest BCUT2D eigenvalue weighted by Gasteiger charge is -2.27. The SMILES string of the molecule is COc1ccc(NC(C)=O)cc1S(=O)(=O)N(CCN)[C@@H]1CCS(=O)(=O)C1. The van der Waals surface area contributed by atoms with Crippen LogP contribution in [0, 0.1) is 0 Å². The maximum absolute atomic E-state index is 13.2. The van der Waals surface area contributed by atoms with Gasteiger partial charge in [0, 0.05) is 31.7 Å². The third kappa shape index (κ3) is 4.53. The zero-order chi connectivity index (χ0) is 19.5. The summed E-state index contributed by atoms with van der Waals surface area (Å²) >= 11 is 0. The van der Waals surface area contributed by atoms with Gasteiger partial charge in [-0.1, -0.05) is 0 Å². The molecule has 0 aromatic heterocycles. The summed E-state index contributed by atoms with van der Waals surface area (Å²) in [6.07, 6.45) is 0.218. The summed E-state index contributed by atoms with van der Waals surface area (Å²) in [5.41, 5.74) is 5.86. The van der Waals surface area contributed by atoms with E-state index < -0.39 is 25.9 Å². The summed E-state index contributed by atoms with van der Waals surface area (Å²) in [5.74, 6) is -0.543. The summed E-state index contributed by atoms with van der Waals surface area (Å²) in [4.78, 5) is 11.1. The largest absolute Gasteiger partial charge is 0.495 e. The average molecular weight is 405 g/mol. The Morgan fingerprint density at radius 2 is 2.12 bits per heavy atom. The third-order valence-corrected chi connectivity index (χ3v) is 7.76. The molecule has 1 amide bonds. The topological polar surface area (TPSA) is 136 Å². The molecule has 0 aliphatic carbocycles. The van der Waals surface area contributed by atoms with Crippen LogP contribution in [0.3, 0.4) is 0 Å². The van der Waals surface area contributed by atoms with E-state index in [9.17, 15) is 21.6 Å². The van der Waals surface area contributed by atoms with Gasteiger partial charge < -0.3 is 15.8 Å². The van der Waals surface area contributed by atoms with Gasteiger partial charge in [0.15, 0.2) is 9.84 Å². The second-order valence-corrected chi connectivity index (χ2v) is 10.1. The molecule has 0 radical (unpaired) electrons. The van der Waals surface area contributed by atoms with Crippen LogP contribution in [-0.2, 0) is 24.7 Å². The Morgan fingerprint density at radius 1 is 1.42 bits per heavy atom. The van der Waals surface area contributed by atoms with E-state index in [1.165, 1.54) is 32.2 Å². The molecule has 1 heterocycles. The first-order valence-electron chi connectivity index (χ1n) is 7.98. The van der Waals surface area contributed by atoms with Crippen LogP contribution in [0.4, 0.5) is 5.69 Å². The number of sulfone groups is 1. The molecule has 26 heavy (non-hydrogen) atoms. The highest BCUT2D eigenvalue weighted by Gasteiger charge is 2.39. The van der Waals surface area contributed by atoms with E-state index in [2.05, 4.69) is 5.32 Å². The number of anilines is 1. The smallest absolute Gasteiger partial charge is 0.247 e. The lowest BCUT2D eigenvalue weighted by Crippen LogP contribution is -2.43. The molecule has 0 spiro atoms. The van der Waals surface area contributed by atoms with Crippen molar-refractivity contribution in [3.8, 4) is 5.75 Å². The van der Waals surface area contributed by atoms with Crippen molar-refractivity contribution >= 4 is 31.5 Å². The molecular formula is C15H23N3O6S2. The van der Waals surface area contributed by atoms with Crippen molar-refractivity contribution in [1.29, 1.82) is 0 Å². The molecule has 146 valence electrons. The fourth-order valence-electron chi connectivity index (χ4n) is 2.91. The van der Waals surface area contributed by atoms with Gasteiger partial charge in [0.2, 0.25) is 15.9 Å². The Bertz CT molecular complexity index is 883. The number of methoxy groups -OCH3 is 1. The normalized spacial score (nSPS) is 19.5. The van der Waals surface area contributed by atoms with Gasteiger partial charge in [-0.15, -0.1) is 0 Å². The highest BCUT2D eigenvalue weighted by molar-refractivity contribution is 7.92. The summed E-state index contributed by atoms with van der Waals surface area (Å²) in [6, 6.07) is 3.57. The number of rotatable bonds is 7. The van der Waals surface area contributed by atoms with Crippen molar-refractivity contribution in [2.75, 3.05) is 37.0 Å². The molecule has 1 fully saturated rings. The molecule has 3 N–H and O–H groups in total. The Morgan fingerprint density at radius 3 is 2.62 bits per heavy atom. The lowest BCUT2D eigenvalue weighted by molar-refractivity contribution is -0.114. The second kappa shape index (κ2) is 7.91. The number of hydrogen-bond donors (Lipinski definition) is 2. The predicted octanol–water partition coefficient (Wildman–Crippen LogP) is -0.210. The van der Waals surface area contributed by atoms with Gasteiger partial charge >= 0.3 is 0 Å². The van der Waals surface area contributed by atoms with E-state index in [-0.39, 0.29) is 47.6 Å². The van der Waals surface area contributed by atoms with Gasteiger partial charge in [-0.25, -0.2) is 16.8 Å². The van der Waals surface area contributed by atoms with Gasteiger partial charge in [-0.2, -0.15) is 4.31 Å². The van der Waals surface area contributed by atoms with Crippen molar-refractivity contribution in [3.05, 3.63) is 18.2 Å². The van der Waals surface area contributed by atoms with E-state index in [1.54, 1.807) is 0 Å². The highest BCUT2D eigenvalue weighted by Crippen LogP contribution is 2.32. The summed E-state index contributed by atoms with van der Waals surface area (Å²) in [7, 11) is -6.03. The monoisotopic (exact) mass is 405 g/mol. The van der Waals surface area contributed by atoms with Crippen LogP contribution in [-0.4, -0.2) is 64.8 Å². The van der Waals surface area contributed by atoms with Gasteiger partial charge in [0.05, 0.1) is 18.6 Å². The van der Waals surface area contributed by atoms with E-state index in [0.29, 0.717) is 5.69 Å². The quantitative estimate of drug-likeness (QED) is 0.640. The van der Waals surface area contributed by atoms with Gasteiger partial charge in [-0.05, 0) is 24.6 Å². The summed E-state index contributed by atoms with van der Waals surface area (Å²) in [6.45, 7) is 1.34. The summed E-state index contributed by atoms with van der Waals surface area (Å²) in [5, 5.41) is 2.52. The first kappa shape index (κ1) is 20.6. The number of hydrogen-bond acceptors (Lipinski definition) is 7. The first-order chi connectivity index (χ1) is 12.1. The van der Waals surface area contributed by atoms with Crippen LogP contribution in [0.5, 0.6) is 5.75 Å². The number of ether oxygens (including phenoxy) is 1. The highest BCUT2D eigenvalue weighted by atomic mass is 32.2. The molecular weight excluding hydrogens is 382 g/mol. The van der Waals surface area contributed by atoms with E-state index in [0.717, 1.165) is 4.31 Å². The first-order valence-corrected chi connectivity index (χ1v) is 11.2. The van der Waals surface area contributed by atoms with Crippen LogP contribution in [0.15, 0.2) is 23.1 Å². The molecule has 1 saturated heterocycles. The second-order valence-electron chi connectivity index (χ2n) is 6.01. The van der Waals surface area contributed by atoms with Gasteiger partial charge in [0.25, 0.3) is 0 Å². The van der Waals surface area contributed by atoms with Crippen LogP contribution in [0.25, 0.3) is 0 Å². The number of benzene rings is 1. The number of amides is 1. The fourth-order valence-corrected chi connectivity index (χ4v) is 6.59. The number of carbonyl (C=O) groups is 1. The molecule has 1 aromatic carbocycles. The van der Waals surface area contributed by atoms with Gasteiger partial charge in [0.1, 0.15) is 10.6 Å². The minimum atomic E-state index is -4.09. The Hall–Kier alpha value is -1.69. The van der Waals surface area contributed by atoms with Crippen LogP contribution >= 0.6 is 0 Å². The summed E-state index contributed by atoms with van der Waals surface area (Å²) < 4.78 is 56.3.